The predicted molar refractivity (Wildman–Crippen MR) is 111 cm³/mol. The number of benzene rings is 2. The van der Waals surface area contributed by atoms with Crippen LogP contribution in [-0.4, -0.2) is 52.0 Å². The Bertz CT molecular complexity index is 947. The largest absolute Gasteiger partial charge is 0.399 e. The van der Waals surface area contributed by atoms with Crippen LogP contribution >= 0.6 is 0 Å². The third-order valence-electron chi connectivity index (χ3n) is 5.38. The van der Waals surface area contributed by atoms with Gasteiger partial charge in [-0.1, -0.05) is 47.6 Å². The van der Waals surface area contributed by atoms with E-state index < -0.39 is 0 Å². The quantitative estimate of drug-likeness (QED) is 0.673. The molecule has 0 spiro atoms. The van der Waals surface area contributed by atoms with E-state index in [0.717, 1.165) is 24.2 Å². The summed E-state index contributed by atoms with van der Waals surface area (Å²) in [7, 11) is 0. The molecule has 0 bridgehead atoms. The van der Waals surface area contributed by atoms with E-state index >= 15 is 0 Å². The Labute approximate surface area is 170 Å². The predicted octanol–water partition coefficient (Wildman–Crippen LogP) is 2.77. The second kappa shape index (κ2) is 8.45. The fraction of sp³-hybridized carbons (Fsp3) is 0.318. The second-order valence-corrected chi connectivity index (χ2v) is 7.33. The number of carbonyl (C=O) groups excluding carboxylic acids is 1. The van der Waals surface area contributed by atoms with Crippen LogP contribution in [0.4, 0.5) is 5.69 Å². The molecule has 1 aliphatic heterocycles. The van der Waals surface area contributed by atoms with E-state index in [1.165, 1.54) is 0 Å². The molecule has 1 aliphatic rings. The number of aromatic nitrogens is 2. The average molecular weight is 391 g/mol. The highest BCUT2D eigenvalue weighted by atomic mass is 16.5. The first-order chi connectivity index (χ1) is 14.1. The molecule has 1 atom stereocenters. The van der Waals surface area contributed by atoms with Crippen LogP contribution in [-0.2, 0) is 11.2 Å². The first-order valence-corrected chi connectivity index (χ1v) is 9.85. The van der Waals surface area contributed by atoms with Crippen LogP contribution in [0.3, 0.4) is 0 Å². The van der Waals surface area contributed by atoms with Crippen molar-refractivity contribution in [2.24, 2.45) is 0 Å². The standard InChI is InChI=1S/C22H25N5O2/c1-16(22-24-21(25-29-22)18-5-3-2-4-6-18)26-11-13-27(14-12-26)20(28)15-17-7-9-19(23)10-8-17/h2-10,16H,11-15,23H2,1H3. The van der Waals surface area contributed by atoms with Crippen LogP contribution in [0.2, 0.25) is 0 Å². The van der Waals surface area contributed by atoms with Crippen molar-refractivity contribution < 1.29 is 9.32 Å². The van der Waals surface area contributed by atoms with Crippen molar-refractivity contribution in [3.63, 3.8) is 0 Å². The molecule has 2 heterocycles. The molecule has 29 heavy (non-hydrogen) atoms. The molecule has 0 aliphatic carbocycles. The van der Waals surface area contributed by atoms with Crippen molar-refractivity contribution in [2.45, 2.75) is 19.4 Å². The number of carbonyl (C=O) groups is 1. The molecule has 0 saturated carbocycles. The first kappa shape index (κ1) is 19.1. The highest BCUT2D eigenvalue weighted by Crippen LogP contribution is 2.23. The van der Waals surface area contributed by atoms with E-state index in [4.69, 9.17) is 10.3 Å². The molecular formula is C22H25N5O2. The molecule has 7 nitrogen and oxygen atoms in total. The third-order valence-corrected chi connectivity index (χ3v) is 5.38. The van der Waals surface area contributed by atoms with E-state index in [1.807, 2.05) is 59.5 Å². The topological polar surface area (TPSA) is 88.5 Å². The van der Waals surface area contributed by atoms with Crippen LogP contribution < -0.4 is 5.73 Å². The molecular weight excluding hydrogens is 366 g/mol. The second-order valence-electron chi connectivity index (χ2n) is 7.33. The van der Waals surface area contributed by atoms with Gasteiger partial charge in [-0.2, -0.15) is 4.98 Å². The molecule has 1 amide bonds. The number of hydrogen-bond acceptors (Lipinski definition) is 6. The van der Waals surface area contributed by atoms with E-state index in [0.29, 0.717) is 36.9 Å². The zero-order valence-corrected chi connectivity index (χ0v) is 16.5. The van der Waals surface area contributed by atoms with Crippen molar-refractivity contribution in [1.82, 2.24) is 19.9 Å². The molecule has 7 heteroatoms. The normalized spacial score (nSPS) is 16.0. The zero-order chi connectivity index (χ0) is 20.2. The number of nitrogens with zero attached hydrogens (tertiary/aromatic N) is 4. The Morgan fingerprint density at radius 3 is 2.45 bits per heavy atom. The lowest BCUT2D eigenvalue weighted by molar-refractivity contribution is -0.132. The van der Waals surface area contributed by atoms with Gasteiger partial charge in [-0.05, 0) is 24.6 Å². The van der Waals surface area contributed by atoms with Gasteiger partial charge in [0.15, 0.2) is 0 Å². The lowest BCUT2D eigenvalue weighted by Gasteiger charge is -2.36. The summed E-state index contributed by atoms with van der Waals surface area (Å²) in [6.45, 7) is 5.00. The number of hydrogen-bond donors (Lipinski definition) is 1. The minimum absolute atomic E-state index is 0.00862. The Balaban J connectivity index is 1.32. The van der Waals surface area contributed by atoms with Crippen molar-refractivity contribution in [3.8, 4) is 11.4 Å². The van der Waals surface area contributed by atoms with Crippen LogP contribution in [0, 0.1) is 0 Å². The van der Waals surface area contributed by atoms with Gasteiger partial charge in [0.2, 0.25) is 17.6 Å². The molecule has 3 aromatic rings. The van der Waals surface area contributed by atoms with E-state index in [1.54, 1.807) is 0 Å². The Kier molecular flexibility index (Phi) is 5.57. The summed E-state index contributed by atoms with van der Waals surface area (Å²) in [4.78, 5) is 21.3. The molecule has 1 unspecified atom stereocenters. The minimum atomic E-state index is 0.00862. The highest BCUT2D eigenvalue weighted by Gasteiger charge is 2.27. The van der Waals surface area contributed by atoms with Crippen LogP contribution in [0.1, 0.15) is 24.4 Å². The van der Waals surface area contributed by atoms with Gasteiger partial charge in [0.05, 0.1) is 12.5 Å². The molecule has 150 valence electrons. The van der Waals surface area contributed by atoms with Gasteiger partial charge in [-0.15, -0.1) is 0 Å². The molecule has 4 rings (SSSR count). The number of nitrogen functional groups attached to an aromatic ring is 1. The number of nitrogens with two attached hydrogens (primary N) is 1. The summed E-state index contributed by atoms with van der Waals surface area (Å²) in [6.07, 6.45) is 0.403. The van der Waals surface area contributed by atoms with Crippen molar-refractivity contribution in [1.29, 1.82) is 0 Å². The van der Waals surface area contributed by atoms with Gasteiger partial charge in [0.25, 0.3) is 0 Å². The molecule has 1 fully saturated rings. The zero-order valence-electron chi connectivity index (χ0n) is 16.5. The fourth-order valence-electron chi connectivity index (χ4n) is 3.55. The lowest BCUT2D eigenvalue weighted by atomic mass is 10.1. The summed E-state index contributed by atoms with van der Waals surface area (Å²) in [5.41, 5.74) is 8.34. The van der Waals surface area contributed by atoms with E-state index in [2.05, 4.69) is 22.0 Å². The minimum Gasteiger partial charge on any atom is -0.399 e. The Hall–Kier alpha value is -3.19. The molecule has 0 radical (unpaired) electrons. The molecule has 2 aromatic carbocycles. The van der Waals surface area contributed by atoms with Gasteiger partial charge < -0.3 is 15.2 Å². The number of piperazine rings is 1. The summed E-state index contributed by atoms with van der Waals surface area (Å²) < 4.78 is 5.50. The van der Waals surface area contributed by atoms with Crippen molar-refractivity contribution in [3.05, 3.63) is 66.1 Å². The smallest absolute Gasteiger partial charge is 0.244 e. The lowest BCUT2D eigenvalue weighted by Crippen LogP contribution is -2.49. The summed E-state index contributed by atoms with van der Waals surface area (Å²) in [6, 6.07) is 17.3. The third kappa shape index (κ3) is 4.46. The average Bonchev–Trinajstić information content (AvgIpc) is 3.26. The number of amides is 1. The first-order valence-electron chi connectivity index (χ1n) is 9.85. The maximum Gasteiger partial charge on any atom is 0.244 e. The van der Waals surface area contributed by atoms with Gasteiger partial charge in [0.1, 0.15) is 0 Å². The van der Waals surface area contributed by atoms with Crippen molar-refractivity contribution in [2.75, 3.05) is 31.9 Å². The van der Waals surface area contributed by atoms with E-state index in [9.17, 15) is 4.79 Å². The SMILES string of the molecule is CC(c1nc(-c2ccccc2)no1)N1CCN(C(=O)Cc2ccc(N)cc2)CC1. The van der Waals surface area contributed by atoms with Gasteiger partial charge >= 0.3 is 0 Å². The number of rotatable bonds is 5. The molecule has 1 aromatic heterocycles. The monoisotopic (exact) mass is 391 g/mol. The van der Waals surface area contributed by atoms with Gasteiger partial charge in [-0.25, -0.2) is 0 Å². The Morgan fingerprint density at radius 2 is 1.76 bits per heavy atom. The van der Waals surface area contributed by atoms with Crippen LogP contribution in [0.5, 0.6) is 0 Å². The Morgan fingerprint density at radius 1 is 1.07 bits per heavy atom. The summed E-state index contributed by atoms with van der Waals surface area (Å²) in [5, 5.41) is 4.11. The van der Waals surface area contributed by atoms with Gasteiger partial charge in [0, 0.05) is 37.4 Å². The van der Waals surface area contributed by atoms with Crippen molar-refractivity contribution >= 4 is 11.6 Å². The number of anilines is 1. The fourth-order valence-corrected chi connectivity index (χ4v) is 3.55. The summed E-state index contributed by atoms with van der Waals surface area (Å²) >= 11 is 0. The maximum atomic E-state index is 12.6. The van der Waals surface area contributed by atoms with E-state index in [-0.39, 0.29) is 11.9 Å². The maximum absolute atomic E-state index is 12.6. The van der Waals surface area contributed by atoms with Crippen LogP contribution in [0.25, 0.3) is 11.4 Å². The highest BCUT2D eigenvalue weighted by molar-refractivity contribution is 5.79. The summed E-state index contributed by atoms with van der Waals surface area (Å²) in [5.74, 6) is 1.35. The van der Waals surface area contributed by atoms with Gasteiger partial charge in [-0.3, -0.25) is 9.69 Å². The molecule has 1 saturated heterocycles. The van der Waals surface area contributed by atoms with Crippen LogP contribution in [0.15, 0.2) is 59.1 Å². The molecule has 2 N–H and O–H groups in total.